The van der Waals surface area contributed by atoms with Crippen LogP contribution in [0.25, 0.3) is 0 Å². The molecule has 0 fully saturated rings. The van der Waals surface area contributed by atoms with Crippen LogP contribution in [0.4, 0.5) is 18.9 Å². The van der Waals surface area contributed by atoms with Crippen LogP contribution in [0.2, 0.25) is 0 Å². The molecule has 21 heavy (non-hydrogen) atoms. The summed E-state index contributed by atoms with van der Waals surface area (Å²) >= 11 is 0. The van der Waals surface area contributed by atoms with Gasteiger partial charge in [-0.05, 0) is 24.3 Å². The molecule has 0 bridgehead atoms. The third-order valence-corrected chi connectivity index (χ3v) is 2.21. The smallest absolute Gasteiger partial charge is 0.451 e. The van der Waals surface area contributed by atoms with E-state index in [1.165, 1.54) is 31.4 Å². The van der Waals surface area contributed by atoms with Gasteiger partial charge in [-0.2, -0.15) is 18.3 Å². The maximum atomic E-state index is 12.4. The first-order valence-electron chi connectivity index (χ1n) is 5.44. The fourth-order valence-corrected chi connectivity index (χ4v) is 1.17. The average molecular weight is 304 g/mol. The largest absolute Gasteiger partial charge is 0.502 e. The molecule has 0 saturated heterocycles. The van der Waals surface area contributed by atoms with E-state index < -0.39 is 23.6 Å². The van der Waals surface area contributed by atoms with Crippen molar-refractivity contribution < 1.29 is 32.5 Å². The quantitative estimate of drug-likeness (QED) is 0.400. The van der Waals surface area contributed by atoms with Crippen molar-refractivity contribution in [2.75, 3.05) is 14.2 Å². The number of nitrogens with zero attached hydrogens (tertiary/aromatic N) is 2. The van der Waals surface area contributed by atoms with Crippen molar-refractivity contribution in [1.82, 2.24) is 0 Å². The maximum Gasteiger partial charge on any atom is 0.451 e. The molecule has 0 amide bonds. The van der Waals surface area contributed by atoms with Crippen LogP contribution >= 0.6 is 0 Å². The first-order chi connectivity index (χ1) is 9.79. The average Bonchev–Trinajstić information content (AvgIpc) is 2.46. The van der Waals surface area contributed by atoms with Crippen LogP contribution in [0, 0.1) is 0 Å². The summed E-state index contributed by atoms with van der Waals surface area (Å²) in [5.74, 6) is -3.12. The number of carbonyl (C=O) groups is 1. The number of alkyl halides is 3. The first kappa shape index (κ1) is 16.5. The Hall–Kier alpha value is -2.58. The third kappa shape index (κ3) is 4.48. The van der Waals surface area contributed by atoms with Gasteiger partial charge in [0.15, 0.2) is 0 Å². The normalized spacial score (nSPS) is 13.0. The number of hydrogen-bond donors (Lipinski definition) is 1. The lowest BCUT2D eigenvalue weighted by Crippen LogP contribution is -2.17. The Morgan fingerprint density at radius 2 is 1.76 bits per heavy atom. The summed E-state index contributed by atoms with van der Waals surface area (Å²) in [5, 5.41) is 15.5. The highest BCUT2D eigenvalue weighted by atomic mass is 19.4. The van der Waals surface area contributed by atoms with E-state index in [0.29, 0.717) is 5.75 Å². The summed E-state index contributed by atoms with van der Waals surface area (Å²) in [6.07, 6.45) is -5.14. The number of methoxy groups -OCH3 is 2. The molecule has 0 spiro atoms. The number of azo groups is 1. The van der Waals surface area contributed by atoms with Crippen molar-refractivity contribution in [2.24, 2.45) is 10.2 Å². The zero-order chi connectivity index (χ0) is 16.0. The van der Waals surface area contributed by atoms with Crippen LogP contribution in [0.15, 0.2) is 46.0 Å². The van der Waals surface area contributed by atoms with E-state index in [1.54, 1.807) is 0 Å². The van der Waals surface area contributed by atoms with E-state index >= 15 is 0 Å². The van der Waals surface area contributed by atoms with Crippen molar-refractivity contribution in [1.29, 1.82) is 0 Å². The zero-order valence-electron chi connectivity index (χ0n) is 11.0. The van der Waals surface area contributed by atoms with Crippen LogP contribution in [0.3, 0.4) is 0 Å². The van der Waals surface area contributed by atoms with Crippen LogP contribution in [0.1, 0.15) is 0 Å². The van der Waals surface area contributed by atoms with E-state index in [0.717, 1.165) is 7.11 Å². The number of esters is 1. The Labute approximate surface area is 117 Å². The van der Waals surface area contributed by atoms with Gasteiger partial charge in [0.25, 0.3) is 0 Å². The number of aliphatic hydroxyl groups excluding tert-OH is 1. The molecule has 0 aliphatic carbocycles. The van der Waals surface area contributed by atoms with Crippen LogP contribution in [-0.2, 0) is 9.53 Å². The highest BCUT2D eigenvalue weighted by Crippen LogP contribution is 2.28. The minimum atomic E-state index is -5.14. The Balaban J connectivity index is 3.12. The van der Waals surface area contributed by atoms with Gasteiger partial charge in [0.2, 0.25) is 11.5 Å². The Kier molecular flexibility index (Phi) is 5.28. The van der Waals surface area contributed by atoms with E-state index in [4.69, 9.17) is 9.84 Å². The highest BCUT2D eigenvalue weighted by molar-refractivity contribution is 5.88. The van der Waals surface area contributed by atoms with Crippen LogP contribution in [-0.4, -0.2) is 31.5 Å². The SMILES string of the molecule is COC(=O)/C(N=Nc1ccc(OC)cc1)=C(\O)C(F)(F)F. The molecule has 0 unspecified atom stereocenters. The molecule has 1 N–H and O–H groups in total. The van der Waals surface area contributed by atoms with Crippen molar-refractivity contribution in [3.05, 3.63) is 35.7 Å². The van der Waals surface area contributed by atoms with Gasteiger partial charge in [-0.25, -0.2) is 4.79 Å². The first-order valence-corrected chi connectivity index (χ1v) is 5.44. The molecule has 6 nitrogen and oxygen atoms in total. The number of aliphatic hydroxyl groups is 1. The van der Waals surface area contributed by atoms with Gasteiger partial charge in [0.1, 0.15) is 5.75 Å². The lowest BCUT2D eigenvalue weighted by Gasteiger charge is -2.07. The lowest BCUT2D eigenvalue weighted by molar-refractivity contribution is -0.141. The number of hydrogen-bond acceptors (Lipinski definition) is 6. The van der Waals surface area contributed by atoms with Crippen LogP contribution < -0.4 is 4.74 Å². The van der Waals surface area contributed by atoms with Gasteiger partial charge in [0.05, 0.1) is 19.9 Å². The maximum absolute atomic E-state index is 12.4. The molecular formula is C12H11F3N2O4. The van der Waals surface area contributed by atoms with Gasteiger partial charge >= 0.3 is 12.1 Å². The molecule has 1 rings (SSSR count). The van der Waals surface area contributed by atoms with Crippen molar-refractivity contribution in [2.45, 2.75) is 6.18 Å². The van der Waals surface area contributed by atoms with E-state index in [-0.39, 0.29) is 5.69 Å². The molecule has 0 aromatic heterocycles. The summed E-state index contributed by atoms with van der Waals surface area (Å²) in [6, 6.07) is 5.81. The number of allylic oxidation sites excluding steroid dienone is 1. The summed E-state index contributed by atoms with van der Waals surface area (Å²) in [6.45, 7) is 0. The van der Waals surface area contributed by atoms with Gasteiger partial charge in [0, 0.05) is 0 Å². The molecule has 1 aromatic rings. The standard InChI is InChI=1S/C12H11F3N2O4/c1-20-8-5-3-7(4-6-8)16-17-9(11(19)21-2)10(18)12(13,14)15/h3-6,18H,1-2H3/b10-9+,17-16?. The molecular weight excluding hydrogens is 293 g/mol. The number of benzene rings is 1. The number of carbonyl (C=O) groups excluding carboxylic acids is 1. The van der Waals surface area contributed by atoms with Crippen LogP contribution in [0.5, 0.6) is 5.75 Å². The second kappa shape index (κ2) is 6.73. The van der Waals surface area contributed by atoms with Crippen molar-refractivity contribution in [3.63, 3.8) is 0 Å². The minimum Gasteiger partial charge on any atom is -0.502 e. The van der Waals surface area contributed by atoms with Crippen molar-refractivity contribution in [3.8, 4) is 5.75 Å². The predicted molar refractivity (Wildman–Crippen MR) is 65.2 cm³/mol. The molecule has 114 valence electrons. The molecule has 1 aromatic carbocycles. The minimum absolute atomic E-state index is 0.159. The molecule has 0 aliphatic heterocycles. The van der Waals surface area contributed by atoms with E-state index in [1.807, 2.05) is 0 Å². The fraction of sp³-hybridized carbons (Fsp3) is 0.250. The van der Waals surface area contributed by atoms with E-state index in [2.05, 4.69) is 15.0 Å². The number of rotatable bonds is 4. The predicted octanol–water partition coefficient (Wildman–Crippen LogP) is 3.28. The lowest BCUT2D eigenvalue weighted by atomic mass is 10.3. The van der Waals surface area contributed by atoms with Gasteiger partial charge < -0.3 is 14.6 Å². The van der Waals surface area contributed by atoms with Gasteiger partial charge in [-0.1, -0.05) is 0 Å². The second-order valence-corrected chi connectivity index (χ2v) is 3.58. The number of ether oxygens (including phenoxy) is 2. The summed E-state index contributed by atoms with van der Waals surface area (Å²) in [4.78, 5) is 11.2. The Morgan fingerprint density at radius 3 is 2.19 bits per heavy atom. The molecule has 0 aliphatic rings. The topological polar surface area (TPSA) is 80.5 Å². The summed E-state index contributed by atoms with van der Waals surface area (Å²) in [7, 11) is 2.30. The summed E-state index contributed by atoms with van der Waals surface area (Å²) in [5.41, 5.74) is -1.17. The molecule has 0 saturated carbocycles. The molecule has 0 atom stereocenters. The summed E-state index contributed by atoms with van der Waals surface area (Å²) < 4.78 is 46.2. The second-order valence-electron chi connectivity index (χ2n) is 3.58. The van der Waals surface area contributed by atoms with Crippen molar-refractivity contribution >= 4 is 11.7 Å². The van der Waals surface area contributed by atoms with Gasteiger partial charge in [-0.3, -0.25) is 0 Å². The van der Waals surface area contributed by atoms with E-state index in [9.17, 15) is 18.0 Å². The monoisotopic (exact) mass is 304 g/mol. The molecule has 9 heteroatoms. The highest BCUT2D eigenvalue weighted by Gasteiger charge is 2.39. The fourth-order valence-electron chi connectivity index (χ4n) is 1.17. The zero-order valence-corrected chi connectivity index (χ0v) is 11.0. The number of halogens is 3. The molecule has 0 heterocycles. The van der Waals surface area contributed by atoms with Gasteiger partial charge in [-0.15, -0.1) is 5.11 Å². The molecule has 0 radical (unpaired) electrons. The Bertz CT molecular complexity index is 565. The Morgan fingerprint density at radius 1 is 1.19 bits per heavy atom. The third-order valence-electron chi connectivity index (χ3n) is 2.21.